The fourth-order valence-electron chi connectivity index (χ4n) is 4.42. The quantitative estimate of drug-likeness (QED) is 0.233. The Balaban J connectivity index is 1.31. The molecule has 10 heteroatoms. The van der Waals surface area contributed by atoms with Crippen molar-refractivity contribution in [3.63, 3.8) is 0 Å². The minimum atomic E-state index is -0.165. The van der Waals surface area contributed by atoms with E-state index in [1.165, 1.54) is 0 Å². The van der Waals surface area contributed by atoms with Gasteiger partial charge in [0.25, 0.3) is 5.91 Å². The number of H-pyrrole nitrogens is 1. The zero-order chi connectivity index (χ0) is 26.6. The van der Waals surface area contributed by atoms with Gasteiger partial charge < -0.3 is 30.8 Å². The zero-order valence-electron chi connectivity index (χ0n) is 21.1. The number of rotatable bonds is 2. The number of nitrogen functional groups attached to an aromatic ring is 1. The number of fused-ring (bicyclic) bond motifs is 10. The van der Waals surface area contributed by atoms with E-state index in [0.717, 1.165) is 40.7 Å². The normalized spacial score (nSPS) is 14.1. The number of aromatic amines is 1. The number of carbonyl (C=O) groups excluding carboxylic acids is 1. The van der Waals surface area contributed by atoms with Crippen LogP contribution in [-0.4, -0.2) is 39.0 Å². The lowest BCUT2D eigenvalue weighted by atomic mass is 10.1. The summed E-state index contributed by atoms with van der Waals surface area (Å²) in [6, 6.07) is 16.7. The van der Waals surface area contributed by atoms with Crippen molar-refractivity contribution in [3.05, 3.63) is 84.3 Å². The maximum absolute atomic E-state index is 12.6. The maximum atomic E-state index is 12.6. The number of benzene rings is 2. The molecule has 0 atom stereocenters. The predicted octanol–water partition coefficient (Wildman–Crippen LogP) is 5.18. The van der Waals surface area contributed by atoms with Crippen molar-refractivity contribution in [1.29, 1.82) is 0 Å². The van der Waals surface area contributed by atoms with Gasteiger partial charge in [-0.15, -0.1) is 0 Å². The molecule has 39 heavy (non-hydrogen) atoms. The number of nitrogens with one attached hydrogen (secondary N) is 3. The second kappa shape index (κ2) is 10.8. The third kappa shape index (κ3) is 5.51. The largest absolute Gasteiger partial charge is 0.455 e. The molecule has 0 saturated heterocycles. The number of carbonyl (C=O) groups is 1. The van der Waals surface area contributed by atoms with Crippen LogP contribution in [0.2, 0.25) is 0 Å². The molecule has 0 spiro atoms. The summed E-state index contributed by atoms with van der Waals surface area (Å²) in [6.45, 7) is 1.43. The van der Waals surface area contributed by atoms with Crippen molar-refractivity contribution in [2.45, 2.75) is 19.4 Å². The van der Waals surface area contributed by atoms with Crippen LogP contribution in [0, 0.1) is 0 Å². The molecule has 0 fully saturated rings. The number of pyridine rings is 1. The number of ether oxygens (including phenoxy) is 2. The highest BCUT2D eigenvalue weighted by molar-refractivity contribution is 5.96. The number of aromatic nitrogens is 4. The second-order valence-electron chi connectivity index (χ2n) is 9.22. The van der Waals surface area contributed by atoms with Crippen LogP contribution in [0.1, 0.15) is 28.8 Å². The van der Waals surface area contributed by atoms with Crippen LogP contribution in [0.25, 0.3) is 22.3 Å². The number of hydrogen-bond donors (Lipinski definition) is 4. The van der Waals surface area contributed by atoms with E-state index in [9.17, 15) is 4.79 Å². The molecule has 2 aliphatic heterocycles. The highest BCUT2D eigenvalue weighted by atomic mass is 16.5. The summed E-state index contributed by atoms with van der Waals surface area (Å²) in [5.41, 5.74) is 11.1. The van der Waals surface area contributed by atoms with Crippen LogP contribution in [-0.2, 0) is 11.3 Å². The standard InChI is InChI=1S/C29H27N7O3/c30-24-15-19-3-5-23(24)25-8-11-33-29(36-25)35-21-4-6-26(39-22-14-18-7-10-31-27(18)34-16-22)20(13-21)17-38-12-2-1-9-32-28(19)37/h3-8,10-11,13-16H,1-2,9,12,17,30H2,(H,31,34)(H,32,37)(H,33,35,36). The van der Waals surface area contributed by atoms with Crippen molar-refractivity contribution in [1.82, 2.24) is 25.3 Å². The van der Waals surface area contributed by atoms with E-state index < -0.39 is 0 Å². The minimum absolute atomic E-state index is 0.165. The van der Waals surface area contributed by atoms with Crippen molar-refractivity contribution < 1.29 is 14.3 Å². The fraction of sp³-hybridized carbons (Fsp3) is 0.172. The van der Waals surface area contributed by atoms with Crippen LogP contribution in [0.4, 0.5) is 17.3 Å². The Morgan fingerprint density at radius 1 is 1.00 bits per heavy atom. The molecule has 10 nitrogen and oxygen atoms in total. The summed E-state index contributed by atoms with van der Waals surface area (Å²) in [5.74, 6) is 1.54. The zero-order valence-corrected chi connectivity index (χ0v) is 21.1. The maximum Gasteiger partial charge on any atom is 0.251 e. The van der Waals surface area contributed by atoms with Crippen molar-refractivity contribution in [3.8, 4) is 22.8 Å². The van der Waals surface area contributed by atoms with Crippen LogP contribution >= 0.6 is 0 Å². The molecular formula is C29H27N7O3. The summed E-state index contributed by atoms with van der Waals surface area (Å²) in [6.07, 6.45) is 6.78. The summed E-state index contributed by atoms with van der Waals surface area (Å²) >= 11 is 0. The molecule has 0 saturated carbocycles. The Hall–Kier alpha value is -4.96. The molecule has 2 aromatic carbocycles. The van der Waals surface area contributed by atoms with Gasteiger partial charge in [0.05, 0.1) is 18.5 Å². The van der Waals surface area contributed by atoms with E-state index in [1.807, 2.05) is 42.6 Å². The first-order valence-electron chi connectivity index (χ1n) is 12.7. The molecular weight excluding hydrogens is 494 g/mol. The number of hydrogen-bond acceptors (Lipinski definition) is 8. The molecule has 0 radical (unpaired) electrons. The van der Waals surface area contributed by atoms with Gasteiger partial charge in [0.15, 0.2) is 0 Å². The topological polar surface area (TPSA) is 140 Å². The first kappa shape index (κ1) is 24.4. The van der Waals surface area contributed by atoms with Gasteiger partial charge in [-0.05, 0) is 67.4 Å². The molecule has 3 aromatic heterocycles. The van der Waals surface area contributed by atoms with Crippen molar-refractivity contribution >= 4 is 34.3 Å². The van der Waals surface area contributed by atoms with Gasteiger partial charge in [0, 0.05) is 59.0 Å². The van der Waals surface area contributed by atoms with Gasteiger partial charge in [0.1, 0.15) is 17.1 Å². The molecule has 5 N–H and O–H groups in total. The van der Waals surface area contributed by atoms with Gasteiger partial charge in [0.2, 0.25) is 5.95 Å². The number of amides is 1. The van der Waals surface area contributed by atoms with Crippen LogP contribution in [0.5, 0.6) is 11.5 Å². The van der Waals surface area contributed by atoms with Crippen molar-refractivity contribution in [2.75, 3.05) is 24.2 Å². The van der Waals surface area contributed by atoms with Gasteiger partial charge >= 0.3 is 0 Å². The second-order valence-corrected chi connectivity index (χ2v) is 9.22. The summed E-state index contributed by atoms with van der Waals surface area (Å²) in [7, 11) is 0. The number of anilines is 3. The summed E-state index contributed by atoms with van der Waals surface area (Å²) in [4.78, 5) is 29.1. The van der Waals surface area contributed by atoms with E-state index in [2.05, 4.69) is 30.6 Å². The molecule has 7 rings (SSSR count). The first-order valence-corrected chi connectivity index (χ1v) is 12.7. The molecule has 2 aliphatic rings. The smallest absolute Gasteiger partial charge is 0.251 e. The lowest BCUT2D eigenvalue weighted by Gasteiger charge is -2.14. The van der Waals surface area contributed by atoms with Gasteiger partial charge in [-0.3, -0.25) is 4.79 Å². The average molecular weight is 522 g/mol. The van der Waals surface area contributed by atoms with Gasteiger partial charge in [-0.25, -0.2) is 15.0 Å². The van der Waals surface area contributed by atoms with E-state index >= 15 is 0 Å². The Morgan fingerprint density at radius 2 is 1.95 bits per heavy atom. The third-order valence-electron chi connectivity index (χ3n) is 6.42. The molecule has 196 valence electrons. The lowest BCUT2D eigenvalue weighted by Crippen LogP contribution is -2.24. The molecule has 1 amide bonds. The highest BCUT2D eigenvalue weighted by Gasteiger charge is 2.13. The Morgan fingerprint density at radius 3 is 2.87 bits per heavy atom. The van der Waals surface area contributed by atoms with E-state index in [-0.39, 0.29) is 5.91 Å². The summed E-state index contributed by atoms with van der Waals surface area (Å²) < 4.78 is 12.2. The van der Waals surface area contributed by atoms with Gasteiger partial charge in [-0.2, -0.15) is 0 Å². The molecule has 5 aromatic rings. The van der Waals surface area contributed by atoms with E-state index in [4.69, 9.17) is 15.2 Å². The summed E-state index contributed by atoms with van der Waals surface area (Å²) in [5, 5.41) is 7.18. The molecule has 5 heterocycles. The number of nitrogens with two attached hydrogens (primary N) is 1. The van der Waals surface area contributed by atoms with Crippen molar-refractivity contribution in [2.24, 2.45) is 0 Å². The monoisotopic (exact) mass is 521 g/mol. The van der Waals surface area contributed by atoms with Gasteiger partial charge in [-0.1, -0.05) is 0 Å². The van der Waals surface area contributed by atoms with Crippen LogP contribution < -0.4 is 21.1 Å². The Kier molecular flexibility index (Phi) is 6.75. The number of nitrogens with zero attached hydrogens (tertiary/aromatic N) is 3. The molecule has 0 unspecified atom stereocenters. The highest BCUT2D eigenvalue weighted by Crippen LogP contribution is 2.31. The Labute approximate surface area is 224 Å². The van der Waals surface area contributed by atoms with E-state index in [0.29, 0.717) is 54.2 Å². The van der Waals surface area contributed by atoms with Crippen LogP contribution in [0.15, 0.2) is 73.2 Å². The lowest BCUT2D eigenvalue weighted by molar-refractivity contribution is 0.0945. The molecule has 6 bridgehead atoms. The minimum Gasteiger partial charge on any atom is -0.455 e. The van der Waals surface area contributed by atoms with Crippen LogP contribution in [0.3, 0.4) is 0 Å². The fourth-order valence-corrected chi connectivity index (χ4v) is 4.42. The molecule has 0 aliphatic carbocycles. The Bertz CT molecular complexity index is 1650. The third-order valence-corrected chi connectivity index (χ3v) is 6.42. The predicted molar refractivity (Wildman–Crippen MR) is 149 cm³/mol. The first-order chi connectivity index (χ1) is 19.1. The van der Waals surface area contributed by atoms with E-state index in [1.54, 1.807) is 30.6 Å². The SMILES string of the molecule is Nc1cc2ccc1-c1ccnc(n1)Nc1ccc(Oc3cnc4[nH]ccc4c3)c(c1)COCCCCNC2=O. The average Bonchev–Trinajstić information content (AvgIpc) is 3.41.